The summed E-state index contributed by atoms with van der Waals surface area (Å²) < 4.78 is 38.5. The predicted molar refractivity (Wildman–Crippen MR) is 82.0 cm³/mol. The van der Waals surface area contributed by atoms with Gasteiger partial charge in [0.1, 0.15) is 0 Å². The van der Waals surface area contributed by atoms with Gasteiger partial charge in [0.2, 0.25) is 5.91 Å². The highest BCUT2D eigenvalue weighted by Crippen LogP contribution is 2.35. The number of carbonyl (C=O) groups is 1. The molecule has 2 atom stereocenters. The number of nitrogens with two attached hydrogens (primary N) is 1. The summed E-state index contributed by atoms with van der Waals surface area (Å²) in [5.41, 5.74) is 5.37. The lowest BCUT2D eigenvalue weighted by Gasteiger charge is -2.26. The number of anilines is 1. The molecule has 1 aliphatic rings. The number of amides is 1. The molecular weight excluding hydrogens is 317 g/mol. The molecule has 124 valence electrons. The van der Waals surface area contributed by atoms with Gasteiger partial charge in [-0.25, -0.2) is 0 Å². The topological polar surface area (TPSA) is 55.1 Å². The molecule has 1 fully saturated rings. The summed E-state index contributed by atoms with van der Waals surface area (Å²) in [6, 6.07) is 3.81. The molecule has 0 bridgehead atoms. The normalized spacial score (nSPS) is 21.9. The lowest BCUT2D eigenvalue weighted by atomic mass is 9.85. The molecule has 1 aromatic carbocycles. The highest BCUT2D eigenvalue weighted by molar-refractivity contribution is 5.93. The van der Waals surface area contributed by atoms with E-state index in [0.29, 0.717) is 6.42 Å². The van der Waals surface area contributed by atoms with Crippen LogP contribution in [0, 0.1) is 12.8 Å². The third-order valence-electron chi connectivity index (χ3n) is 3.98. The number of hydrogen-bond acceptors (Lipinski definition) is 2. The van der Waals surface area contributed by atoms with Crippen LogP contribution in [0.2, 0.25) is 0 Å². The second-order valence-corrected chi connectivity index (χ2v) is 5.59. The van der Waals surface area contributed by atoms with Crippen molar-refractivity contribution < 1.29 is 18.0 Å². The number of nitrogens with one attached hydrogen (secondary N) is 1. The molecule has 1 aromatic rings. The number of rotatable bonds is 2. The van der Waals surface area contributed by atoms with Gasteiger partial charge in [-0.3, -0.25) is 4.79 Å². The summed E-state index contributed by atoms with van der Waals surface area (Å²) in [5, 5.41) is 2.62. The predicted octanol–water partition coefficient (Wildman–Crippen LogP) is 3.89. The highest BCUT2D eigenvalue weighted by atomic mass is 35.5. The summed E-state index contributed by atoms with van der Waals surface area (Å²) in [6.45, 7) is 1.37. The van der Waals surface area contributed by atoms with Crippen LogP contribution in [0.15, 0.2) is 18.2 Å². The van der Waals surface area contributed by atoms with E-state index in [2.05, 4.69) is 5.32 Å². The van der Waals surface area contributed by atoms with E-state index in [1.165, 1.54) is 19.1 Å². The van der Waals surface area contributed by atoms with Gasteiger partial charge in [0, 0.05) is 17.6 Å². The Morgan fingerprint density at radius 3 is 2.59 bits per heavy atom. The Balaban J connectivity index is 0.00000242. The molecule has 1 aliphatic carbocycles. The maximum absolute atomic E-state index is 12.8. The zero-order valence-electron chi connectivity index (χ0n) is 12.2. The minimum Gasteiger partial charge on any atom is -0.328 e. The molecule has 1 amide bonds. The first kappa shape index (κ1) is 18.8. The van der Waals surface area contributed by atoms with Gasteiger partial charge in [-0.2, -0.15) is 13.2 Å². The lowest BCUT2D eigenvalue weighted by Crippen LogP contribution is -2.34. The molecule has 2 unspecified atom stereocenters. The maximum Gasteiger partial charge on any atom is 0.416 e. The van der Waals surface area contributed by atoms with Crippen molar-refractivity contribution in [1.29, 1.82) is 0 Å². The minimum atomic E-state index is -4.42. The SMILES string of the molecule is Cc1c(NC(=O)C2CCCC(N)C2)cccc1C(F)(F)F.Cl. The minimum absolute atomic E-state index is 0. The molecule has 22 heavy (non-hydrogen) atoms. The lowest BCUT2D eigenvalue weighted by molar-refractivity contribution is -0.138. The van der Waals surface area contributed by atoms with Gasteiger partial charge in [0.25, 0.3) is 0 Å². The zero-order chi connectivity index (χ0) is 15.6. The van der Waals surface area contributed by atoms with Crippen LogP contribution in [0.25, 0.3) is 0 Å². The summed E-state index contributed by atoms with van der Waals surface area (Å²) in [5.74, 6) is -0.463. The van der Waals surface area contributed by atoms with Crippen molar-refractivity contribution in [2.24, 2.45) is 11.7 Å². The summed E-state index contributed by atoms with van der Waals surface area (Å²) >= 11 is 0. The van der Waals surface area contributed by atoms with Gasteiger partial charge in [0.05, 0.1) is 5.56 Å². The van der Waals surface area contributed by atoms with E-state index in [1.54, 1.807) is 0 Å². The van der Waals surface area contributed by atoms with E-state index >= 15 is 0 Å². The Morgan fingerprint density at radius 2 is 2.00 bits per heavy atom. The van der Waals surface area contributed by atoms with Gasteiger partial charge < -0.3 is 11.1 Å². The van der Waals surface area contributed by atoms with Crippen LogP contribution in [-0.2, 0) is 11.0 Å². The molecule has 7 heteroatoms. The summed E-state index contributed by atoms with van der Waals surface area (Å²) in [6.07, 6.45) is -1.33. The third kappa shape index (κ3) is 4.36. The molecular formula is C15H20ClF3N2O. The summed E-state index contributed by atoms with van der Waals surface area (Å²) in [4.78, 5) is 12.2. The molecule has 0 saturated heterocycles. The fourth-order valence-electron chi connectivity index (χ4n) is 2.78. The van der Waals surface area contributed by atoms with Crippen LogP contribution in [0.5, 0.6) is 0 Å². The van der Waals surface area contributed by atoms with Crippen LogP contribution in [0.3, 0.4) is 0 Å². The fourth-order valence-corrected chi connectivity index (χ4v) is 2.78. The smallest absolute Gasteiger partial charge is 0.328 e. The van der Waals surface area contributed by atoms with Crippen LogP contribution < -0.4 is 11.1 Å². The number of carbonyl (C=O) groups excluding carboxylic acids is 1. The van der Waals surface area contributed by atoms with E-state index in [-0.39, 0.29) is 41.5 Å². The van der Waals surface area contributed by atoms with E-state index in [9.17, 15) is 18.0 Å². The average Bonchev–Trinajstić information content (AvgIpc) is 2.39. The van der Waals surface area contributed by atoms with Crippen molar-refractivity contribution in [1.82, 2.24) is 0 Å². The second-order valence-electron chi connectivity index (χ2n) is 5.59. The molecule has 0 aromatic heterocycles. The fraction of sp³-hybridized carbons (Fsp3) is 0.533. The zero-order valence-corrected chi connectivity index (χ0v) is 13.1. The Labute approximate surface area is 133 Å². The largest absolute Gasteiger partial charge is 0.416 e. The number of halogens is 4. The van der Waals surface area contributed by atoms with Gasteiger partial charge in [-0.05, 0) is 43.9 Å². The maximum atomic E-state index is 12.8. The second kappa shape index (κ2) is 7.33. The average molecular weight is 337 g/mol. The molecule has 0 spiro atoms. The van der Waals surface area contributed by atoms with Crippen molar-refractivity contribution >= 4 is 24.0 Å². The Bertz CT molecular complexity index is 534. The Kier molecular flexibility index (Phi) is 6.26. The van der Waals surface area contributed by atoms with Gasteiger partial charge in [0.15, 0.2) is 0 Å². The van der Waals surface area contributed by atoms with Crippen molar-refractivity contribution in [2.75, 3.05) is 5.32 Å². The molecule has 0 heterocycles. The number of hydrogen-bond donors (Lipinski definition) is 2. The van der Waals surface area contributed by atoms with Crippen molar-refractivity contribution in [3.05, 3.63) is 29.3 Å². The molecule has 1 saturated carbocycles. The molecule has 2 rings (SSSR count). The monoisotopic (exact) mass is 336 g/mol. The van der Waals surface area contributed by atoms with Crippen molar-refractivity contribution in [3.63, 3.8) is 0 Å². The van der Waals surface area contributed by atoms with E-state index < -0.39 is 11.7 Å². The van der Waals surface area contributed by atoms with Crippen LogP contribution in [0.1, 0.15) is 36.8 Å². The Morgan fingerprint density at radius 1 is 1.32 bits per heavy atom. The van der Waals surface area contributed by atoms with Crippen molar-refractivity contribution in [2.45, 2.75) is 44.8 Å². The van der Waals surface area contributed by atoms with Gasteiger partial charge >= 0.3 is 6.18 Å². The van der Waals surface area contributed by atoms with E-state index in [4.69, 9.17) is 5.73 Å². The first-order valence-electron chi connectivity index (χ1n) is 7.02. The van der Waals surface area contributed by atoms with Crippen LogP contribution in [0.4, 0.5) is 18.9 Å². The van der Waals surface area contributed by atoms with Gasteiger partial charge in [-0.1, -0.05) is 12.5 Å². The number of alkyl halides is 3. The summed E-state index contributed by atoms with van der Waals surface area (Å²) in [7, 11) is 0. The van der Waals surface area contributed by atoms with Crippen molar-refractivity contribution in [3.8, 4) is 0 Å². The Hall–Kier alpha value is -1.27. The first-order chi connectivity index (χ1) is 9.79. The quantitative estimate of drug-likeness (QED) is 0.860. The van der Waals surface area contributed by atoms with Gasteiger partial charge in [-0.15, -0.1) is 12.4 Å². The molecule has 0 radical (unpaired) electrons. The molecule has 3 N–H and O–H groups in total. The molecule has 3 nitrogen and oxygen atoms in total. The third-order valence-corrected chi connectivity index (χ3v) is 3.98. The van der Waals surface area contributed by atoms with Crippen LogP contribution in [-0.4, -0.2) is 11.9 Å². The van der Waals surface area contributed by atoms with E-state index in [0.717, 1.165) is 25.3 Å². The number of benzene rings is 1. The first-order valence-corrected chi connectivity index (χ1v) is 7.02. The standard InChI is InChI=1S/C15H19F3N2O.ClH/c1-9-12(15(16,17)18)6-3-7-13(9)20-14(21)10-4-2-5-11(19)8-10;/h3,6-7,10-11H,2,4-5,8,19H2,1H3,(H,20,21);1H. The molecule has 0 aliphatic heterocycles. The van der Waals surface area contributed by atoms with Crippen LogP contribution >= 0.6 is 12.4 Å². The van der Waals surface area contributed by atoms with E-state index in [1.807, 2.05) is 0 Å². The highest BCUT2D eigenvalue weighted by Gasteiger charge is 2.33.